The normalized spacial score (nSPS) is 11.9. The lowest BCUT2D eigenvalue weighted by Crippen LogP contribution is -2.09. The van der Waals surface area contributed by atoms with Gasteiger partial charge in [-0.2, -0.15) is 5.10 Å². The number of aromatic hydroxyl groups is 1. The number of hydrogen-bond acceptors (Lipinski definition) is 6. The minimum absolute atomic E-state index is 0.0697. The minimum atomic E-state index is 0.0697. The Hall–Kier alpha value is -4.26. The molecule has 7 nitrogen and oxygen atoms in total. The summed E-state index contributed by atoms with van der Waals surface area (Å²) in [5.41, 5.74) is 8.47. The summed E-state index contributed by atoms with van der Waals surface area (Å²) in [6, 6.07) is 18.9. The number of ether oxygens (including phenoxy) is 1. The average molecular weight is 426 g/mol. The number of fused-ring (bicyclic) bond motifs is 2. The van der Waals surface area contributed by atoms with Gasteiger partial charge in [-0.05, 0) is 61.4 Å². The Morgan fingerprint density at radius 3 is 2.72 bits per heavy atom. The van der Waals surface area contributed by atoms with E-state index in [1.807, 2.05) is 50.2 Å². The number of phenolic OH excluding ortho intramolecular Hbond substituents is 1. The Kier molecular flexibility index (Phi) is 4.78. The molecule has 0 atom stereocenters. The summed E-state index contributed by atoms with van der Waals surface area (Å²) >= 11 is 0. The molecule has 0 amide bonds. The minimum Gasteiger partial charge on any atom is -0.504 e. The van der Waals surface area contributed by atoms with Gasteiger partial charge >= 0.3 is 0 Å². The summed E-state index contributed by atoms with van der Waals surface area (Å²) in [7, 11) is 1.52. The van der Waals surface area contributed by atoms with Crippen molar-refractivity contribution in [2.24, 2.45) is 5.10 Å². The first-order chi connectivity index (χ1) is 15.5. The molecule has 0 fully saturated rings. The van der Waals surface area contributed by atoms with E-state index < -0.39 is 0 Å². The lowest BCUT2D eigenvalue weighted by atomic mass is 10.1. The van der Waals surface area contributed by atoms with Crippen molar-refractivity contribution in [3.8, 4) is 22.8 Å². The van der Waals surface area contributed by atoms with E-state index in [1.54, 1.807) is 18.2 Å². The molecule has 0 aliphatic rings. The SMILES string of the molecule is COc1cc(-c2cc(=NNc3nc4ccccc4[nH]3)c3cc(C)cc(C)c3o2)ccc1O. The molecule has 0 spiro atoms. The van der Waals surface area contributed by atoms with Crippen molar-refractivity contribution in [2.45, 2.75) is 13.8 Å². The number of H-pyrrole nitrogens is 1. The van der Waals surface area contributed by atoms with Gasteiger partial charge < -0.3 is 19.2 Å². The van der Waals surface area contributed by atoms with Crippen LogP contribution in [0.25, 0.3) is 33.3 Å². The fourth-order valence-electron chi connectivity index (χ4n) is 3.81. The maximum atomic E-state index is 9.96. The zero-order valence-electron chi connectivity index (χ0n) is 17.9. The summed E-state index contributed by atoms with van der Waals surface area (Å²) in [5.74, 6) is 1.60. The molecule has 0 radical (unpaired) electrons. The van der Waals surface area contributed by atoms with Crippen LogP contribution in [0.1, 0.15) is 11.1 Å². The highest BCUT2D eigenvalue weighted by atomic mass is 16.5. The monoisotopic (exact) mass is 426 g/mol. The van der Waals surface area contributed by atoms with Crippen molar-refractivity contribution in [1.82, 2.24) is 9.97 Å². The summed E-state index contributed by atoms with van der Waals surface area (Å²) in [6.07, 6.45) is 0. The maximum absolute atomic E-state index is 9.96. The van der Waals surface area contributed by atoms with Crippen LogP contribution in [-0.4, -0.2) is 22.2 Å². The smallest absolute Gasteiger partial charge is 0.222 e. The van der Waals surface area contributed by atoms with Crippen molar-refractivity contribution in [1.29, 1.82) is 0 Å². The molecule has 5 rings (SSSR count). The van der Waals surface area contributed by atoms with E-state index in [4.69, 9.17) is 9.15 Å². The highest BCUT2D eigenvalue weighted by molar-refractivity contribution is 5.82. The number of imidazole rings is 1. The molecule has 7 heteroatoms. The predicted octanol–water partition coefficient (Wildman–Crippen LogP) is 5.23. The van der Waals surface area contributed by atoms with Crippen LogP contribution in [0.3, 0.4) is 0 Å². The Bertz CT molecular complexity index is 1500. The van der Waals surface area contributed by atoms with Crippen LogP contribution in [0.15, 0.2) is 70.2 Å². The molecule has 0 aliphatic heterocycles. The van der Waals surface area contributed by atoms with Crippen molar-refractivity contribution < 1.29 is 14.3 Å². The van der Waals surface area contributed by atoms with Gasteiger partial charge in [-0.25, -0.2) is 10.4 Å². The number of hydrogen-bond donors (Lipinski definition) is 3. The fourth-order valence-corrected chi connectivity index (χ4v) is 3.81. The Morgan fingerprint density at radius 1 is 1.06 bits per heavy atom. The molecule has 0 saturated carbocycles. The molecule has 3 N–H and O–H groups in total. The number of nitrogens with one attached hydrogen (secondary N) is 2. The van der Waals surface area contributed by atoms with Crippen LogP contribution in [0, 0.1) is 13.8 Å². The van der Waals surface area contributed by atoms with Crippen molar-refractivity contribution in [3.05, 3.63) is 77.1 Å². The van der Waals surface area contributed by atoms with Gasteiger partial charge in [-0.1, -0.05) is 18.2 Å². The fraction of sp³-hybridized carbons (Fsp3) is 0.120. The molecular weight excluding hydrogens is 404 g/mol. The number of aryl methyl sites for hydroxylation is 2. The number of phenols is 1. The van der Waals surface area contributed by atoms with E-state index >= 15 is 0 Å². The van der Waals surface area contributed by atoms with Crippen LogP contribution in [0.4, 0.5) is 5.95 Å². The number of methoxy groups -OCH3 is 1. The van der Waals surface area contributed by atoms with E-state index in [-0.39, 0.29) is 5.75 Å². The van der Waals surface area contributed by atoms with Crippen LogP contribution in [0.2, 0.25) is 0 Å². The molecule has 5 aromatic rings. The summed E-state index contributed by atoms with van der Waals surface area (Å²) in [6.45, 7) is 4.05. The highest BCUT2D eigenvalue weighted by Crippen LogP contribution is 2.32. The number of aromatic amines is 1. The zero-order chi connectivity index (χ0) is 22.2. The first-order valence-corrected chi connectivity index (χ1v) is 10.2. The second-order valence-corrected chi connectivity index (χ2v) is 7.67. The molecular formula is C25H22N4O3. The third-order valence-corrected chi connectivity index (χ3v) is 5.31. The van der Waals surface area contributed by atoms with Gasteiger partial charge in [0.15, 0.2) is 11.5 Å². The summed E-state index contributed by atoms with van der Waals surface area (Å²) in [5, 5.41) is 16.2. The van der Waals surface area contributed by atoms with Gasteiger partial charge in [0.2, 0.25) is 5.95 Å². The van der Waals surface area contributed by atoms with Gasteiger partial charge in [0, 0.05) is 17.0 Å². The Morgan fingerprint density at radius 2 is 1.91 bits per heavy atom. The first kappa shape index (κ1) is 19.7. The van der Waals surface area contributed by atoms with E-state index in [0.717, 1.165) is 38.7 Å². The summed E-state index contributed by atoms with van der Waals surface area (Å²) < 4.78 is 11.5. The number of aromatic nitrogens is 2. The molecule has 2 aromatic heterocycles. The van der Waals surface area contributed by atoms with E-state index in [2.05, 4.69) is 26.6 Å². The van der Waals surface area contributed by atoms with Gasteiger partial charge in [0.1, 0.15) is 11.3 Å². The third-order valence-electron chi connectivity index (χ3n) is 5.31. The van der Waals surface area contributed by atoms with Crippen LogP contribution in [-0.2, 0) is 0 Å². The molecule has 160 valence electrons. The van der Waals surface area contributed by atoms with Crippen molar-refractivity contribution >= 4 is 28.0 Å². The van der Waals surface area contributed by atoms with Crippen molar-refractivity contribution in [3.63, 3.8) is 0 Å². The quantitative estimate of drug-likeness (QED) is 0.342. The first-order valence-electron chi connectivity index (χ1n) is 10.2. The van der Waals surface area contributed by atoms with Crippen LogP contribution in [0.5, 0.6) is 11.5 Å². The van der Waals surface area contributed by atoms with E-state index in [9.17, 15) is 5.11 Å². The number of anilines is 1. The molecule has 0 bridgehead atoms. The predicted molar refractivity (Wildman–Crippen MR) is 125 cm³/mol. The molecule has 0 aliphatic carbocycles. The second kappa shape index (κ2) is 7.77. The van der Waals surface area contributed by atoms with E-state index in [1.165, 1.54) is 7.11 Å². The standard InChI is InChI=1S/C25H22N4O3/c1-14-10-15(2)24-17(11-14)20(28-29-25-26-18-6-4-5-7-19(18)27-25)13-22(32-24)16-8-9-21(30)23(12-16)31-3/h4-13,30H,1-3H3,(H2,26,27,29). The van der Waals surface area contributed by atoms with Gasteiger partial charge in [0.25, 0.3) is 0 Å². The lowest BCUT2D eigenvalue weighted by molar-refractivity contribution is 0.373. The number of nitrogens with zero attached hydrogens (tertiary/aromatic N) is 2. The lowest BCUT2D eigenvalue weighted by Gasteiger charge is -2.10. The topological polar surface area (TPSA) is 95.7 Å². The molecule has 2 heterocycles. The Balaban J connectivity index is 1.68. The molecule has 0 unspecified atom stereocenters. The third kappa shape index (κ3) is 3.54. The second-order valence-electron chi connectivity index (χ2n) is 7.67. The number of rotatable bonds is 4. The van der Waals surface area contributed by atoms with Crippen molar-refractivity contribution in [2.75, 3.05) is 12.5 Å². The highest BCUT2D eigenvalue weighted by Gasteiger charge is 2.12. The van der Waals surface area contributed by atoms with Crippen LogP contribution >= 0.6 is 0 Å². The van der Waals surface area contributed by atoms with Gasteiger partial charge in [-0.15, -0.1) is 0 Å². The molecule has 3 aromatic carbocycles. The summed E-state index contributed by atoms with van der Waals surface area (Å²) in [4.78, 5) is 7.75. The maximum Gasteiger partial charge on any atom is 0.222 e. The Labute approximate surface area is 184 Å². The van der Waals surface area contributed by atoms with Gasteiger partial charge in [0.05, 0.1) is 23.5 Å². The zero-order valence-corrected chi connectivity index (χ0v) is 17.9. The van der Waals surface area contributed by atoms with Gasteiger partial charge in [-0.3, -0.25) is 0 Å². The molecule has 32 heavy (non-hydrogen) atoms. The number of para-hydroxylation sites is 2. The number of benzene rings is 3. The molecule has 0 saturated heterocycles. The largest absolute Gasteiger partial charge is 0.504 e. The van der Waals surface area contributed by atoms with E-state index in [0.29, 0.717) is 22.8 Å². The average Bonchev–Trinajstić information content (AvgIpc) is 3.21. The van der Waals surface area contributed by atoms with Crippen LogP contribution < -0.4 is 15.5 Å².